The molecule has 0 fully saturated rings. The highest BCUT2D eigenvalue weighted by molar-refractivity contribution is 6.01. The first kappa shape index (κ1) is 16.0. The van der Waals surface area contributed by atoms with Crippen LogP contribution < -0.4 is 5.32 Å². The topological polar surface area (TPSA) is 29.1 Å². The fourth-order valence-corrected chi connectivity index (χ4v) is 2.02. The van der Waals surface area contributed by atoms with Gasteiger partial charge in [0.05, 0.1) is 0 Å². The van der Waals surface area contributed by atoms with Crippen LogP contribution in [0.5, 0.6) is 0 Å². The lowest BCUT2D eigenvalue weighted by Gasteiger charge is -2.18. The van der Waals surface area contributed by atoms with E-state index in [1.54, 1.807) is 18.2 Å². The molecule has 2 rings (SSSR count). The first-order valence-electron chi connectivity index (χ1n) is 7.20. The minimum absolute atomic E-state index is 0.108. The van der Waals surface area contributed by atoms with E-state index in [0.717, 1.165) is 5.56 Å². The normalized spacial score (nSPS) is 11.6. The second kappa shape index (κ2) is 6.56. The first-order valence-corrected chi connectivity index (χ1v) is 7.20. The van der Waals surface area contributed by atoms with Crippen LogP contribution in [-0.4, -0.2) is 5.91 Å². The Morgan fingerprint density at radius 1 is 1.09 bits per heavy atom. The van der Waals surface area contributed by atoms with E-state index in [9.17, 15) is 9.18 Å². The van der Waals surface area contributed by atoms with E-state index in [-0.39, 0.29) is 17.1 Å². The number of carbonyl (C=O) groups excluding carboxylic acids is 1. The van der Waals surface area contributed by atoms with Crippen LogP contribution in [0.25, 0.3) is 6.08 Å². The van der Waals surface area contributed by atoms with Gasteiger partial charge in [-0.25, -0.2) is 4.39 Å². The third-order valence-corrected chi connectivity index (χ3v) is 3.30. The van der Waals surface area contributed by atoms with Crippen molar-refractivity contribution in [3.8, 4) is 0 Å². The Balaban J connectivity index is 2.00. The summed E-state index contributed by atoms with van der Waals surface area (Å²) in [5.41, 5.74) is 2.74. The molecule has 22 heavy (non-hydrogen) atoms. The molecule has 0 aliphatic heterocycles. The number of nitrogens with one attached hydrogen (secondary N) is 1. The number of hydrogen-bond acceptors (Lipinski definition) is 1. The lowest BCUT2D eigenvalue weighted by Crippen LogP contribution is -2.10. The summed E-state index contributed by atoms with van der Waals surface area (Å²) in [7, 11) is 0. The monoisotopic (exact) mass is 297 g/mol. The molecule has 0 aliphatic carbocycles. The Bertz CT molecular complexity index is 681. The highest BCUT2D eigenvalue weighted by Gasteiger charge is 2.12. The Hall–Kier alpha value is -2.42. The molecule has 0 bridgehead atoms. The molecule has 0 saturated heterocycles. The van der Waals surface area contributed by atoms with Gasteiger partial charge in [-0.1, -0.05) is 51.1 Å². The van der Waals surface area contributed by atoms with E-state index in [1.165, 1.54) is 23.8 Å². The summed E-state index contributed by atoms with van der Waals surface area (Å²) in [6.45, 7) is 6.47. The number of benzene rings is 2. The lowest BCUT2D eigenvalue weighted by atomic mass is 9.87. The maximum absolute atomic E-state index is 13.0. The van der Waals surface area contributed by atoms with Crippen molar-refractivity contribution in [2.45, 2.75) is 26.2 Å². The molecular formula is C19H20FNO. The highest BCUT2D eigenvalue weighted by Crippen LogP contribution is 2.22. The SMILES string of the molecule is CC(C)(C)c1ccc(/C=C/C(=O)Nc2cccc(F)c2)cc1. The van der Waals surface area contributed by atoms with Crippen LogP contribution in [0.1, 0.15) is 31.9 Å². The minimum atomic E-state index is -0.375. The predicted octanol–water partition coefficient (Wildman–Crippen LogP) is 4.78. The van der Waals surface area contributed by atoms with Crippen molar-refractivity contribution in [2.75, 3.05) is 5.32 Å². The maximum atomic E-state index is 13.0. The number of hydrogen-bond donors (Lipinski definition) is 1. The molecule has 0 heterocycles. The van der Waals surface area contributed by atoms with Gasteiger partial charge in [0.25, 0.3) is 0 Å². The van der Waals surface area contributed by atoms with Crippen LogP contribution in [-0.2, 0) is 10.2 Å². The second-order valence-electron chi connectivity index (χ2n) is 6.20. The van der Waals surface area contributed by atoms with Gasteiger partial charge in [0, 0.05) is 11.8 Å². The largest absolute Gasteiger partial charge is 0.322 e. The van der Waals surface area contributed by atoms with E-state index in [4.69, 9.17) is 0 Å². The summed E-state index contributed by atoms with van der Waals surface area (Å²) in [6, 6.07) is 13.9. The number of anilines is 1. The molecule has 0 radical (unpaired) electrons. The quantitative estimate of drug-likeness (QED) is 0.812. The summed E-state index contributed by atoms with van der Waals surface area (Å²) in [5.74, 6) is -0.662. The molecule has 0 atom stereocenters. The molecular weight excluding hydrogens is 277 g/mol. The van der Waals surface area contributed by atoms with E-state index < -0.39 is 0 Å². The van der Waals surface area contributed by atoms with Gasteiger partial charge in [0.1, 0.15) is 5.82 Å². The zero-order valence-corrected chi connectivity index (χ0v) is 13.1. The van der Waals surface area contributed by atoms with Gasteiger partial charge in [0.2, 0.25) is 5.91 Å². The van der Waals surface area contributed by atoms with Crippen molar-refractivity contribution in [2.24, 2.45) is 0 Å². The Morgan fingerprint density at radius 2 is 1.77 bits per heavy atom. The molecule has 1 amide bonds. The molecule has 114 valence electrons. The van der Waals surface area contributed by atoms with E-state index in [1.807, 2.05) is 12.1 Å². The number of halogens is 1. The average molecular weight is 297 g/mol. The fourth-order valence-electron chi connectivity index (χ4n) is 2.02. The van der Waals surface area contributed by atoms with Crippen molar-refractivity contribution in [3.63, 3.8) is 0 Å². The molecule has 3 heteroatoms. The highest BCUT2D eigenvalue weighted by atomic mass is 19.1. The molecule has 0 spiro atoms. The molecule has 2 nitrogen and oxygen atoms in total. The first-order chi connectivity index (χ1) is 10.3. The van der Waals surface area contributed by atoms with E-state index in [0.29, 0.717) is 5.69 Å². The summed E-state index contributed by atoms with van der Waals surface area (Å²) >= 11 is 0. The molecule has 0 saturated carbocycles. The van der Waals surface area contributed by atoms with Crippen LogP contribution in [0.4, 0.5) is 10.1 Å². The molecule has 2 aromatic carbocycles. The lowest BCUT2D eigenvalue weighted by molar-refractivity contribution is -0.111. The maximum Gasteiger partial charge on any atom is 0.248 e. The van der Waals surface area contributed by atoms with Crippen molar-refractivity contribution >= 4 is 17.7 Å². The summed E-state index contributed by atoms with van der Waals surface area (Å²) in [4.78, 5) is 11.8. The van der Waals surface area contributed by atoms with Gasteiger partial charge in [0.15, 0.2) is 0 Å². The third-order valence-electron chi connectivity index (χ3n) is 3.30. The number of amides is 1. The smallest absolute Gasteiger partial charge is 0.248 e. The molecule has 2 aromatic rings. The van der Waals surface area contributed by atoms with Gasteiger partial charge in [-0.2, -0.15) is 0 Å². The summed E-state index contributed by atoms with van der Waals surface area (Å²) in [6.07, 6.45) is 3.18. The van der Waals surface area contributed by atoms with E-state index in [2.05, 4.69) is 38.2 Å². The van der Waals surface area contributed by atoms with Crippen LogP contribution in [0.15, 0.2) is 54.6 Å². The standard InChI is InChI=1S/C19H20FNO/c1-19(2,3)15-10-7-14(8-11-15)9-12-18(22)21-17-6-4-5-16(20)13-17/h4-13H,1-3H3,(H,21,22)/b12-9+. The molecule has 1 N–H and O–H groups in total. The Kier molecular flexibility index (Phi) is 4.76. The van der Waals surface area contributed by atoms with Crippen molar-refractivity contribution in [1.29, 1.82) is 0 Å². The van der Waals surface area contributed by atoms with Crippen LogP contribution >= 0.6 is 0 Å². The number of carbonyl (C=O) groups is 1. The van der Waals surface area contributed by atoms with Crippen LogP contribution in [0.3, 0.4) is 0 Å². The Labute approximate surface area is 130 Å². The van der Waals surface area contributed by atoms with Gasteiger partial charge in [-0.15, -0.1) is 0 Å². The number of rotatable bonds is 3. The van der Waals surface area contributed by atoms with Crippen LogP contribution in [0, 0.1) is 5.82 Å². The fraction of sp³-hybridized carbons (Fsp3) is 0.211. The Morgan fingerprint density at radius 3 is 2.36 bits per heavy atom. The van der Waals surface area contributed by atoms with Gasteiger partial charge in [-0.3, -0.25) is 4.79 Å². The zero-order valence-electron chi connectivity index (χ0n) is 13.1. The van der Waals surface area contributed by atoms with Gasteiger partial charge >= 0.3 is 0 Å². The summed E-state index contributed by atoms with van der Waals surface area (Å²) < 4.78 is 13.0. The third kappa shape index (κ3) is 4.55. The van der Waals surface area contributed by atoms with Gasteiger partial charge in [-0.05, 0) is 40.8 Å². The van der Waals surface area contributed by atoms with Crippen molar-refractivity contribution in [1.82, 2.24) is 0 Å². The van der Waals surface area contributed by atoms with Crippen molar-refractivity contribution in [3.05, 3.63) is 71.6 Å². The van der Waals surface area contributed by atoms with Crippen LogP contribution in [0.2, 0.25) is 0 Å². The summed E-state index contributed by atoms with van der Waals surface area (Å²) in [5, 5.41) is 2.62. The zero-order chi connectivity index (χ0) is 16.2. The predicted molar refractivity (Wildman–Crippen MR) is 89.2 cm³/mol. The van der Waals surface area contributed by atoms with Crippen molar-refractivity contribution < 1.29 is 9.18 Å². The molecule has 0 unspecified atom stereocenters. The van der Waals surface area contributed by atoms with Gasteiger partial charge < -0.3 is 5.32 Å². The van der Waals surface area contributed by atoms with E-state index >= 15 is 0 Å². The molecule has 0 aromatic heterocycles. The minimum Gasteiger partial charge on any atom is -0.322 e. The molecule has 0 aliphatic rings. The second-order valence-corrected chi connectivity index (χ2v) is 6.20. The average Bonchev–Trinajstić information content (AvgIpc) is 2.45.